The molecule has 2 unspecified atom stereocenters. The average molecular weight is 360 g/mol. The van der Waals surface area contributed by atoms with E-state index in [4.69, 9.17) is 9.84 Å². The number of amides is 2. The zero-order valence-electron chi connectivity index (χ0n) is 15.3. The number of carbonyl (C=O) groups is 2. The molecule has 26 heavy (non-hydrogen) atoms. The molecule has 142 valence electrons. The van der Waals surface area contributed by atoms with Crippen LogP contribution in [0.1, 0.15) is 42.9 Å². The number of piperidine rings is 1. The lowest BCUT2D eigenvalue weighted by atomic mass is 9.89. The summed E-state index contributed by atoms with van der Waals surface area (Å²) in [5, 5.41) is 12.1. The summed E-state index contributed by atoms with van der Waals surface area (Å²) in [6.07, 6.45) is 3.11. The van der Waals surface area contributed by atoms with Crippen molar-refractivity contribution in [3.63, 3.8) is 0 Å². The number of aliphatic carboxylic acids is 1. The van der Waals surface area contributed by atoms with Crippen molar-refractivity contribution in [1.29, 1.82) is 0 Å². The topological polar surface area (TPSA) is 78.9 Å². The van der Waals surface area contributed by atoms with Crippen molar-refractivity contribution in [2.45, 2.75) is 38.7 Å². The van der Waals surface area contributed by atoms with Gasteiger partial charge in [0.05, 0.1) is 12.0 Å². The molecular formula is C20H28N2O4. The number of urea groups is 1. The number of ether oxygens (including phenoxy) is 1. The number of nitrogens with zero attached hydrogens (tertiary/aromatic N) is 1. The van der Waals surface area contributed by atoms with Crippen LogP contribution < -0.4 is 5.32 Å². The lowest BCUT2D eigenvalue weighted by Crippen LogP contribution is -2.47. The fourth-order valence-electron chi connectivity index (χ4n) is 3.84. The molecule has 6 nitrogen and oxygen atoms in total. The van der Waals surface area contributed by atoms with Gasteiger partial charge in [0.2, 0.25) is 0 Å². The number of rotatable bonds is 4. The molecule has 0 spiro atoms. The highest BCUT2D eigenvalue weighted by Crippen LogP contribution is 2.33. The van der Waals surface area contributed by atoms with Crippen LogP contribution in [-0.4, -0.2) is 48.2 Å². The highest BCUT2D eigenvalue weighted by atomic mass is 16.5. The third-order valence-corrected chi connectivity index (χ3v) is 5.50. The number of carbonyl (C=O) groups excluding carboxylic acids is 1. The van der Waals surface area contributed by atoms with E-state index in [1.807, 2.05) is 0 Å². The summed E-state index contributed by atoms with van der Waals surface area (Å²) in [5.74, 6) is -0.825. The van der Waals surface area contributed by atoms with Gasteiger partial charge in [-0.3, -0.25) is 4.79 Å². The Labute approximate surface area is 154 Å². The molecule has 3 rings (SSSR count). The molecule has 0 aromatic heterocycles. The average Bonchev–Trinajstić information content (AvgIpc) is 2.67. The third kappa shape index (κ3) is 4.55. The monoisotopic (exact) mass is 360 g/mol. The van der Waals surface area contributed by atoms with Crippen molar-refractivity contribution in [3.8, 4) is 0 Å². The molecule has 2 heterocycles. The molecule has 2 amide bonds. The minimum atomic E-state index is -0.759. The number of hydrogen-bond acceptors (Lipinski definition) is 3. The van der Waals surface area contributed by atoms with Crippen LogP contribution in [-0.2, 0) is 9.53 Å². The Morgan fingerprint density at radius 1 is 1.19 bits per heavy atom. The van der Waals surface area contributed by atoms with Gasteiger partial charge in [0.1, 0.15) is 0 Å². The second-order valence-electron chi connectivity index (χ2n) is 7.39. The first kappa shape index (κ1) is 18.7. The van der Waals surface area contributed by atoms with Gasteiger partial charge in [0.25, 0.3) is 0 Å². The highest BCUT2D eigenvalue weighted by Gasteiger charge is 2.30. The van der Waals surface area contributed by atoms with Crippen LogP contribution in [0.15, 0.2) is 24.3 Å². The van der Waals surface area contributed by atoms with Gasteiger partial charge in [-0.15, -0.1) is 0 Å². The van der Waals surface area contributed by atoms with Crippen molar-refractivity contribution < 1.29 is 19.4 Å². The number of likely N-dealkylation sites (tertiary alicyclic amines) is 1. The molecule has 2 aliphatic rings. The number of hydrogen-bond donors (Lipinski definition) is 2. The lowest BCUT2D eigenvalue weighted by molar-refractivity contribution is -0.143. The standard InChI is InChI=1S/C20H28N2O4/c1-14-4-6-15(7-5-14)18-17(3-2-12-26-18)13-21-20(25)22-10-8-16(9-11-22)19(23)24/h4-7,16-18H,2-3,8-13H2,1H3,(H,21,25)(H,23,24). The zero-order valence-corrected chi connectivity index (χ0v) is 15.3. The van der Waals surface area contributed by atoms with Crippen molar-refractivity contribution in [3.05, 3.63) is 35.4 Å². The summed E-state index contributed by atoms with van der Waals surface area (Å²) in [7, 11) is 0. The van der Waals surface area contributed by atoms with Crippen LogP contribution in [0.3, 0.4) is 0 Å². The zero-order chi connectivity index (χ0) is 18.5. The third-order valence-electron chi connectivity index (χ3n) is 5.50. The number of nitrogens with one attached hydrogen (secondary N) is 1. The number of carboxylic acid groups (broad SMARTS) is 1. The summed E-state index contributed by atoms with van der Waals surface area (Å²) >= 11 is 0. The Hall–Kier alpha value is -2.08. The molecule has 2 N–H and O–H groups in total. The van der Waals surface area contributed by atoms with E-state index < -0.39 is 5.97 Å². The fourth-order valence-corrected chi connectivity index (χ4v) is 3.84. The van der Waals surface area contributed by atoms with Crippen molar-refractivity contribution in [2.24, 2.45) is 11.8 Å². The Morgan fingerprint density at radius 3 is 2.54 bits per heavy atom. The first-order valence-electron chi connectivity index (χ1n) is 9.48. The summed E-state index contributed by atoms with van der Waals surface area (Å²) in [6.45, 7) is 4.41. The fraction of sp³-hybridized carbons (Fsp3) is 0.600. The Kier molecular flexibility index (Phi) is 6.14. The number of carboxylic acids is 1. The van der Waals surface area contributed by atoms with Crippen LogP contribution in [0.25, 0.3) is 0 Å². The molecule has 0 bridgehead atoms. The smallest absolute Gasteiger partial charge is 0.317 e. The van der Waals surface area contributed by atoms with E-state index in [1.54, 1.807) is 4.90 Å². The van der Waals surface area contributed by atoms with Crippen LogP contribution >= 0.6 is 0 Å². The van der Waals surface area contributed by atoms with E-state index in [0.29, 0.717) is 32.5 Å². The van der Waals surface area contributed by atoms with Gasteiger partial charge in [-0.1, -0.05) is 29.8 Å². The van der Waals surface area contributed by atoms with Crippen molar-refractivity contribution in [2.75, 3.05) is 26.2 Å². The number of aryl methyl sites for hydroxylation is 1. The molecule has 2 saturated heterocycles. The van der Waals surface area contributed by atoms with Gasteiger partial charge >= 0.3 is 12.0 Å². The highest BCUT2D eigenvalue weighted by molar-refractivity contribution is 5.75. The van der Waals surface area contributed by atoms with E-state index in [1.165, 1.54) is 5.56 Å². The van der Waals surface area contributed by atoms with E-state index in [-0.39, 0.29) is 24.0 Å². The summed E-state index contributed by atoms with van der Waals surface area (Å²) in [4.78, 5) is 25.2. The second-order valence-corrected chi connectivity index (χ2v) is 7.39. The summed E-state index contributed by atoms with van der Waals surface area (Å²) in [5.41, 5.74) is 2.39. The van der Waals surface area contributed by atoms with Gasteiger partial charge in [-0.2, -0.15) is 0 Å². The largest absolute Gasteiger partial charge is 0.481 e. The normalized spacial score (nSPS) is 24.3. The molecular weight excluding hydrogens is 332 g/mol. The molecule has 0 radical (unpaired) electrons. The molecule has 2 atom stereocenters. The summed E-state index contributed by atoms with van der Waals surface area (Å²) < 4.78 is 6.00. The van der Waals surface area contributed by atoms with Crippen LogP contribution in [0.5, 0.6) is 0 Å². The predicted octanol–water partition coefficient (Wildman–Crippen LogP) is 2.97. The predicted molar refractivity (Wildman–Crippen MR) is 97.9 cm³/mol. The van der Waals surface area contributed by atoms with E-state index in [0.717, 1.165) is 25.0 Å². The quantitative estimate of drug-likeness (QED) is 0.865. The maximum Gasteiger partial charge on any atom is 0.317 e. The van der Waals surface area contributed by atoms with Gasteiger partial charge in [0.15, 0.2) is 0 Å². The van der Waals surface area contributed by atoms with Crippen molar-refractivity contribution in [1.82, 2.24) is 10.2 Å². The van der Waals surface area contributed by atoms with Gasteiger partial charge in [-0.25, -0.2) is 4.79 Å². The van der Waals surface area contributed by atoms with Gasteiger partial charge in [-0.05, 0) is 38.2 Å². The van der Waals surface area contributed by atoms with Gasteiger partial charge in [0, 0.05) is 32.2 Å². The molecule has 1 aromatic rings. The molecule has 1 aromatic carbocycles. The van der Waals surface area contributed by atoms with Crippen LogP contribution in [0, 0.1) is 18.8 Å². The molecule has 0 aliphatic carbocycles. The lowest BCUT2D eigenvalue weighted by Gasteiger charge is -2.34. The van der Waals surface area contributed by atoms with Gasteiger partial charge < -0.3 is 20.1 Å². The molecule has 6 heteroatoms. The second kappa shape index (κ2) is 8.54. The minimum absolute atomic E-state index is 0.0161. The molecule has 2 aliphatic heterocycles. The summed E-state index contributed by atoms with van der Waals surface area (Å²) in [6, 6.07) is 8.31. The molecule has 0 saturated carbocycles. The first-order valence-corrected chi connectivity index (χ1v) is 9.48. The Morgan fingerprint density at radius 2 is 1.88 bits per heavy atom. The Bertz CT molecular complexity index is 623. The number of benzene rings is 1. The maximum absolute atomic E-state index is 12.4. The van der Waals surface area contributed by atoms with E-state index in [2.05, 4.69) is 36.5 Å². The Balaban J connectivity index is 1.53. The van der Waals surface area contributed by atoms with Crippen molar-refractivity contribution >= 4 is 12.0 Å². The van der Waals surface area contributed by atoms with Crippen LogP contribution in [0.4, 0.5) is 4.79 Å². The van der Waals surface area contributed by atoms with E-state index in [9.17, 15) is 9.59 Å². The maximum atomic E-state index is 12.4. The van der Waals surface area contributed by atoms with E-state index >= 15 is 0 Å². The minimum Gasteiger partial charge on any atom is -0.481 e. The molecule has 2 fully saturated rings. The van der Waals surface area contributed by atoms with Crippen LogP contribution in [0.2, 0.25) is 0 Å². The SMILES string of the molecule is Cc1ccc(C2OCCCC2CNC(=O)N2CCC(C(=O)O)CC2)cc1. The first-order chi connectivity index (χ1) is 12.5.